The van der Waals surface area contributed by atoms with Gasteiger partial charge in [-0.3, -0.25) is 9.18 Å². The van der Waals surface area contributed by atoms with Crippen molar-refractivity contribution in [2.45, 2.75) is 6.04 Å². The van der Waals surface area contributed by atoms with Gasteiger partial charge < -0.3 is 11.1 Å². The van der Waals surface area contributed by atoms with Gasteiger partial charge in [-0.2, -0.15) is 9.40 Å². The molecule has 3 rings (SSSR count). The van der Waals surface area contributed by atoms with Crippen LogP contribution in [0.25, 0.3) is 5.52 Å². The van der Waals surface area contributed by atoms with E-state index in [2.05, 4.69) is 26.3 Å². The number of halogens is 2. The Labute approximate surface area is 152 Å². The Kier molecular flexibility index (Phi) is 4.73. The Morgan fingerprint density at radius 1 is 1.52 bits per heavy atom. The van der Waals surface area contributed by atoms with E-state index in [4.69, 9.17) is 5.73 Å². The smallest absolute Gasteiger partial charge is 0.252 e. The van der Waals surface area contributed by atoms with Crippen molar-refractivity contribution in [1.29, 1.82) is 0 Å². The third-order valence-corrected chi connectivity index (χ3v) is 5.94. The molecule has 1 aliphatic rings. The van der Waals surface area contributed by atoms with Crippen LogP contribution in [0, 0.1) is 5.92 Å². The Hall–Kier alpha value is -1.72. The predicted octanol–water partition coefficient (Wildman–Crippen LogP) is 0.837. The van der Waals surface area contributed by atoms with Gasteiger partial charge in [0.1, 0.15) is 0 Å². The van der Waals surface area contributed by atoms with E-state index in [-0.39, 0.29) is 18.7 Å². The largest absolute Gasteiger partial charge is 0.378 e. The summed E-state index contributed by atoms with van der Waals surface area (Å²) in [5, 5.41) is 7.24. The third kappa shape index (κ3) is 3.48. The van der Waals surface area contributed by atoms with E-state index in [0.717, 1.165) is 10.7 Å². The van der Waals surface area contributed by atoms with Crippen LogP contribution >= 0.6 is 15.9 Å². The molecule has 8 nitrogen and oxygen atoms in total. The Bertz CT molecular complexity index is 932. The first-order valence-corrected chi connectivity index (χ1v) is 10.1. The number of hydrogen-bond donors (Lipinski definition) is 2. The maximum Gasteiger partial charge on any atom is 0.252 e. The SMILES string of the molecule is CS(=O)(=O)N1C[C@@H](CF)[C@H](Nc2c(C(N)=O)cnn3cc(Br)cc23)C1. The molecule has 0 radical (unpaired) electrons. The fraction of sp³-hybridized carbons (Fsp3) is 0.429. The summed E-state index contributed by atoms with van der Waals surface area (Å²) in [6, 6.07) is 1.26. The molecule has 0 spiro atoms. The second-order valence-corrected chi connectivity index (χ2v) is 8.93. The molecule has 2 atom stereocenters. The van der Waals surface area contributed by atoms with Crippen molar-refractivity contribution in [2.75, 3.05) is 31.3 Å². The van der Waals surface area contributed by atoms with Crippen LogP contribution in [0.5, 0.6) is 0 Å². The summed E-state index contributed by atoms with van der Waals surface area (Å²) in [7, 11) is -3.43. The molecule has 3 N–H and O–H groups in total. The van der Waals surface area contributed by atoms with E-state index in [0.29, 0.717) is 11.2 Å². The maximum absolute atomic E-state index is 13.4. The first-order chi connectivity index (χ1) is 11.7. The van der Waals surface area contributed by atoms with Crippen molar-refractivity contribution >= 4 is 43.1 Å². The fourth-order valence-corrected chi connectivity index (χ4v) is 4.28. The van der Waals surface area contributed by atoms with Crippen LogP contribution in [-0.2, 0) is 10.0 Å². The number of primary amides is 1. The molecule has 1 saturated heterocycles. The van der Waals surface area contributed by atoms with E-state index in [9.17, 15) is 17.6 Å². The minimum absolute atomic E-state index is 0.0883. The topological polar surface area (TPSA) is 110 Å². The number of nitrogens with one attached hydrogen (secondary N) is 1. The highest BCUT2D eigenvalue weighted by atomic mass is 79.9. The molecular formula is C14H17BrFN5O3S. The summed E-state index contributed by atoms with van der Waals surface area (Å²) in [4.78, 5) is 11.8. The van der Waals surface area contributed by atoms with E-state index in [1.807, 2.05) is 0 Å². The van der Waals surface area contributed by atoms with Crippen LogP contribution in [-0.4, -0.2) is 60.3 Å². The molecule has 1 amide bonds. The van der Waals surface area contributed by atoms with Gasteiger partial charge in [-0.15, -0.1) is 0 Å². The number of carbonyl (C=O) groups excluding carboxylic acids is 1. The average molecular weight is 434 g/mol. The lowest BCUT2D eigenvalue weighted by Crippen LogP contribution is -2.32. The number of nitrogens with two attached hydrogens (primary N) is 1. The number of nitrogens with zero attached hydrogens (tertiary/aromatic N) is 3. The molecule has 0 aliphatic carbocycles. The molecule has 1 aliphatic heterocycles. The number of rotatable bonds is 5. The lowest BCUT2D eigenvalue weighted by Gasteiger charge is -2.21. The molecule has 0 unspecified atom stereocenters. The molecule has 2 aromatic rings. The molecule has 1 fully saturated rings. The molecule has 0 aromatic carbocycles. The van der Waals surface area contributed by atoms with Crippen molar-refractivity contribution in [3.63, 3.8) is 0 Å². The van der Waals surface area contributed by atoms with Crippen molar-refractivity contribution in [3.05, 3.63) is 28.5 Å². The summed E-state index contributed by atoms with van der Waals surface area (Å²) < 4.78 is 40.5. The van der Waals surface area contributed by atoms with Crippen LogP contribution in [0.3, 0.4) is 0 Å². The minimum atomic E-state index is -3.43. The molecule has 0 bridgehead atoms. The molecular weight excluding hydrogens is 417 g/mol. The summed E-state index contributed by atoms with van der Waals surface area (Å²) in [6.07, 6.45) is 4.13. The van der Waals surface area contributed by atoms with Gasteiger partial charge in [0, 0.05) is 35.7 Å². The highest BCUT2D eigenvalue weighted by molar-refractivity contribution is 9.10. The van der Waals surface area contributed by atoms with Crippen molar-refractivity contribution < 1.29 is 17.6 Å². The number of sulfonamides is 1. The van der Waals surface area contributed by atoms with Gasteiger partial charge in [0.25, 0.3) is 5.91 Å². The third-order valence-electron chi connectivity index (χ3n) is 4.27. The standard InChI is InChI=1S/C14H17BrFN5O3S/c1-25(23,24)20-5-8(3-16)11(7-20)19-13-10(14(17)22)4-18-21-6-9(15)2-12(13)21/h2,4,6,8,11,19H,3,5,7H2,1H3,(H2,17,22)/t8-,11-/m1/s1. The van der Waals surface area contributed by atoms with Crippen LogP contribution < -0.4 is 11.1 Å². The van der Waals surface area contributed by atoms with Crippen LogP contribution in [0.15, 0.2) is 22.9 Å². The number of fused-ring (bicyclic) bond motifs is 1. The van der Waals surface area contributed by atoms with Gasteiger partial charge in [0.2, 0.25) is 10.0 Å². The monoisotopic (exact) mass is 433 g/mol. The second kappa shape index (κ2) is 6.54. The van der Waals surface area contributed by atoms with Crippen LogP contribution in [0.2, 0.25) is 0 Å². The predicted molar refractivity (Wildman–Crippen MR) is 94.7 cm³/mol. The molecule has 0 saturated carbocycles. The molecule has 136 valence electrons. The van der Waals surface area contributed by atoms with Crippen molar-refractivity contribution in [2.24, 2.45) is 11.7 Å². The zero-order chi connectivity index (χ0) is 18.4. The minimum Gasteiger partial charge on any atom is -0.378 e. The van der Waals surface area contributed by atoms with Gasteiger partial charge in [-0.25, -0.2) is 12.9 Å². The molecule has 3 heterocycles. The molecule has 2 aromatic heterocycles. The second-order valence-electron chi connectivity index (χ2n) is 6.03. The Morgan fingerprint density at radius 2 is 2.24 bits per heavy atom. The number of anilines is 1. The number of hydrogen-bond acceptors (Lipinski definition) is 5. The number of carbonyl (C=O) groups is 1. The zero-order valence-corrected chi connectivity index (χ0v) is 15.7. The number of aromatic nitrogens is 2. The first kappa shape index (κ1) is 18.1. The lowest BCUT2D eigenvalue weighted by atomic mass is 10.0. The highest BCUT2D eigenvalue weighted by Gasteiger charge is 2.37. The fourth-order valence-electron chi connectivity index (χ4n) is 2.97. The normalized spacial score (nSPS) is 21.7. The van der Waals surface area contributed by atoms with Gasteiger partial charge in [-0.1, -0.05) is 0 Å². The Balaban J connectivity index is 2.01. The Morgan fingerprint density at radius 3 is 2.84 bits per heavy atom. The molecule has 25 heavy (non-hydrogen) atoms. The van der Waals surface area contributed by atoms with Crippen molar-refractivity contribution in [3.8, 4) is 0 Å². The van der Waals surface area contributed by atoms with Crippen LogP contribution in [0.4, 0.5) is 10.1 Å². The molecule has 11 heteroatoms. The van der Waals surface area contributed by atoms with E-state index >= 15 is 0 Å². The van der Waals surface area contributed by atoms with E-state index in [1.165, 1.54) is 10.5 Å². The first-order valence-electron chi connectivity index (χ1n) is 7.45. The maximum atomic E-state index is 13.4. The number of amides is 1. The van der Waals surface area contributed by atoms with Gasteiger partial charge in [0.05, 0.1) is 35.9 Å². The summed E-state index contributed by atoms with van der Waals surface area (Å²) >= 11 is 3.34. The van der Waals surface area contributed by atoms with Gasteiger partial charge in [-0.05, 0) is 22.0 Å². The summed E-state index contributed by atoms with van der Waals surface area (Å²) in [5.74, 6) is -1.20. The van der Waals surface area contributed by atoms with E-state index in [1.54, 1.807) is 16.8 Å². The number of alkyl halides is 1. The summed E-state index contributed by atoms with van der Waals surface area (Å²) in [5.41, 5.74) is 6.58. The zero-order valence-electron chi connectivity index (χ0n) is 13.3. The van der Waals surface area contributed by atoms with Gasteiger partial charge in [0.15, 0.2) is 0 Å². The summed E-state index contributed by atoms with van der Waals surface area (Å²) in [6.45, 7) is -0.478. The van der Waals surface area contributed by atoms with Gasteiger partial charge >= 0.3 is 0 Å². The quantitative estimate of drug-likeness (QED) is 0.725. The average Bonchev–Trinajstić information content (AvgIpc) is 3.09. The van der Waals surface area contributed by atoms with E-state index < -0.39 is 34.6 Å². The van der Waals surface area contributed by atoms with Crippen molar-refractivity contribution in [1.82, 2.24) is 13.9 Å². The lowest BCUT2D eigenvalue weighted by molar-refractivity contribution is 0.100. The van der Waals surface area contributed by atoms with Crippen LogP contribution in [0.1, 0.15) is 10.4 Å². The highest BCUT2D eigenvalue weighted by Crippen LogP contribution is 2.30.